The first-order chi connectivity index (χ1) is 15.0. The highest BCUT2D eigenvalue weighted by Crippen LogP contribution is 2.29. The van der Waals surface area contributed by atoms with Gasteiger partial charge in [0.25, 0.3) is 5.56 Å². The predicted molar refractivity (Wildman–Crippen MR) is 126 cm³/mol. The SMILES string of the molecule is CCc1cc2c(cc3c(=O)n(CC(=O)NC(C)CCc4ccccc4)nc(CC)n32)s1. The molecule has 0 aliphatic heterocycles. The van der Waals surface area contributed by atoms with Crippen molar-refractivity contribution >= 4 is 33.0 Å². The Labute approximate surface area is 185 Å². The minimum absolute atomic E-state index is 0.0175. The van der Waals surface area contributed by atoms with E-state index in [4.69, 9.17) is 0 Å². The van der Waals surface area contributed by atoms with E-state index < -0.39 is 0 Å². The van der Waals surface area contributed by atoms with Gasteiger partial charge in [0, 0.05) is 17.3 Å². The molecule has 3 heterocycles. The molecule has 0 aliphatic rings. The van der Waals surface area contributed by atoms with Gasteiger partial charge in [-0.05, 0) is 43.9 Å². The summed E-state index contributed by atoms with van der Waals surface area (Å²) in [7, 11) is 0. The number of nitrogens with zero attached hydrogens (tertiary/aromatic N) is 3. The number of rotatable bonds is 8. The fourth-order valence-corrected chi connectivity index (χ4v) is 4.93. The van der Waals surface area contributed by atoms with Crippen molar-refractivity contribution in [3.05, 3.63) is 69.1 Å². The van der Waals surface area contributed by atoms with E-state index in [-0.39, 0.29) is 24.1 Å². The van der Waals surface area contributed by atoms with E-state index in [9.17, 15) is 9.59 Å². The van der Waals surface area contributed by atoms with Crippen LogP contribution in [0.3, 0.4) is 0 Å². The average Bonchev–Trinajstić information content (AvgIpc) is 3.33. The Kier molecular flexibility index (Phi) is 6.23. The van der Waals surface area contributed by atoms with E-state index in [0.717, 1.165) is 35.3 Å². The Morgan fingerprint density at radius 3 is 2.61 bits per heavy atom. The summed E-state index contributed by atoms with van der Waals surface area (Å²) in [5.74, 6) is 0.596. The molecule has 1 aromatic carbocycles. The molecule has 0 bridgehead atoms. The Hall–Kier alpha value is -2.93. The molecule has 1 amide bonds. The maximum Gasteiger partial charge on any atom is 0.291 e. The Morgan fingerprint density at radius 1 is 1.13 bits per heavy atom. The maximum absolute atomic E-state index is 13.1. The van der Waals surface area contributed by atoms with Crippen molar-refractivity contribution in [1.29, 1.82) is 0 Å². The van der Waals surface area contributed by atoms with Crippen molar-refractivity contribution in [3.63, 3.8) is 0 Å². The van der Waals surface area contributed by atoms with Crippen LogP contribution in [0, 0.1) is 0 Å². The number of thiophene rings is 1. The minimum atomic E-state index is -0.231. The molecule has 162 valence electrons. The van der Waals surface area contributed by atoms with Gasteiger partial charge in [-0.2, -0.15) is 5.10 Å². The fourth-order valence-electron chi connectivity index (χ4n) is 3.91. The van der Waals surface area contributed by atoms with Crippen LogP contribution < -0.4 is 10.9 Å². The quantitative estimate of drug-likeness (QED) is 0.454. The maximum atomic E-state index is 13.1. The number of carbonyl (C=O) groups is 1. The number of hydrogen-bond donors (Lipinski definition) is 1. The van der Waals surface area contributed by atoms with E-state index in [0.29, 0.717) is 11.9 Å². The van der Waals surface area contributed by atoms with Gasteiger partial charge < -0.3 is 5.32 Å². The molecule has 1 atom stereocenters. The highest BCUT2D eigenvalue weighted by atomic mass is 32.1. The van der Waals surface area contributed by atoms with Crippen molar-refractivity contribution in [2.75, 3.05) is 0 Å². The lowest BCUT2D eigenvalue weighted by Gasteiger charge is -2.15. The van der Waals surface area contributed by atoms with Gasteiger partial charge in [0.2, 0.25) is 5.91 Å². The third-order valence-electron chi connectivity index (χ3n) is 5.56. The number of benzene rings is 1. The lowest BCUT2D eigenvalue weighted by atomic mass is 10.1. The zero-order valence-corrected chi connectivity index (χ0v) is 19.0. The molecule has 0 spiro atoms. The van der Waals surface area contributed by atoms with Crippen molar-refractivity contribution in [1.82, 2.24) is 19.5 Å². The summed E-state index contributed by atoms with van der Waals surface area (Å²) >= 11 is 1.71. The van der Waals surface area contributed by atoms with Crippen LogP contribution in [-0.2, 0) is 30.6 Å². The summed E-state index contributed by atoms with van der Waals surface area (Å²) in [6.07, 6.45) is 3.38. The predicted octanol–water partition coefficient (Wildman–Crippen LogP) is 3.97. The Bertz CT molecular complexity index is 1270. The first kappa shape index (κ1) is 21.3. The second-order valence-corrected chi connectivity index (χ2v) is 9.07. The second-order valence-electron chi connectivity index (χ2n) is 7.91. The van der Waals surface area contributed by atoms with Crippen molar-refractivity contribution < 1.29 is 4.79 Å². The summed E-state index contributed by atoms with van der Waals surface area (Å²) < 4.78 is 4.34. The van der Waals surface area contributed by atoms with E-state index in [1.165, 1.54) is 15.1 Å². The standard InChI is InChI=1S/C24H28N4O2S/c1-4-18-13-19-21(31-18)14-20-24(30)27(26-22(5-2)28(19)20)15-23(29)25-16(3)11-12-17-9-7-6-8-10-17/h6-10,13-14,16H,4-5,11-12,15H2,1-3H3,(H,25,29). The lowest BCUT2D eigenvalue weighted by molar-refractivity contribution is -0.122. The number of amides is 1. The van der Waals surface area contributed by atoms with Crippen molar-refractivity contribution in [2.45, 2.75) is 59.0 Å². The molecule has 1 unspecified atom stereocenters. The molecule has 0 saturated carbocycles. The molecule has 4 aromatic rings. The number of aryl methyl sites for hydroxylation is 3. The number of hydrogen-bond acceptors (Lipinski definition) is 4. The van der Waals surface area contributed by atoms with Crippen LogP contribution in [0.15, 0.2) is 47.3 Å². The van der Waals surface area contributed by atoms with Crippen LogP contribution in [0.4, 0.5) is 0 Å². The molecule has 6 nitrogen and oxygen atoms in total. The van der Waals surface area contributed by atoms with Crippen LogP contribution in [0.5, 0.6) is 0 Å². The average molecular weight is 437 g/mol. The van der Waals surface area contributed by atoms with E-state index >= 15 is 0 Å². The van der Waals surface area contributed by atoms with E-state index in [1.807, 2.05) is 42.5 Å². The molecule has 0 radical (unpaired) electrons. The molecule has 0 saturated heterocycles. The minimum Gasteiger partial charge on any atom is -0.352 e. The zero-order chi connectivity index (χ0) is 22.0. The molecule has 7 heteroatoms. The molecular weight excluding hydrogens is 408 g/mol. The van der Waals surface area contributed by atoms with Crippen molar-refractivity contribution in [3.8, 4) is 0 Å². The van der Waals surface area contributed by atoms with Crippen LogP contribution in [0.25, 0.3) is 15.7 Å². The zero-order valence-electron chi connectivity index (χ0n) is 18.2. The Balaban J connectivity index is 1.51. The van der Waals surface area contributed by atoms with E-state index in [1.54, 1.807) is 11.3 Å². The summed E-state index contributed by atoms with van der Waals surface area (Å²) in [5, 5.41) is 7.53. The molecule has 31 heavy (non-hydrogen) atoms. The molecule has 1 N–H and O–H groups in total. The number of fused-ring (bicyclic) bond motifs is 3. The normalized spacial score (nSPS) is 12.5. The fraction of sp³-hybridized carbons (Fsp3) is 0.375. The van der Waals surface area contributed by atoms with Crippen LogP contribution in [-0.4, -0.2) is 26.1 Å². The van der Waals surface area contributed by atoms with E-state index in [2.05, 4.69) is 35.5 Å². The smallest absolute Gasteiger partial charge is 0.291 e. The monoisotopic (exact) mass is 436 g/mol. The lowest BCUT2D eigenvalue weighted by Crippen LogP contribution is -2.39. The number of nitrogens with one attached hydrogen (secondary N) is 1. The second kappa shape index (κ2) is 9.06. The topological polar surface area (TPSA) is 68.4 Å². The van der Waals surface area contributed by atoms with Crippen LogP contribution in [0.1, 0.15) is 43.5 Å². The van der Waals surface area contributed by atoms with Gasteiger partial charge in [0.05, 0.1) is 10.2 Å². The molecular formula is C24H28N4O2S. The van der Waals surface area contributed by atoms with Gasteiger partial charge in [0.1, 0.15) is 17.9 Å². The first-order valence-electron chi connectivity index (χ1n) is 10.9. The highest BCUT2D eigenvalue weighted by molar-refractivity contribution is 7.19. The summed E-state index contributed by atoms with van der Waals surface area (Å²) in [4.78, 5) is 27.0. The number of carbonyl (C=O) groups excluding carboxylic acids is 1. The van der Waals surface area contributed by atoms with Gasteiger partial charge in [-0.15, -0.1) is 11.3 Å². The van der Waals surface area contributed by atoms with Gasteiger partial charge in [-0.1, -0.05) is 44.2 Å². The van der Waals surface area contributed by atoms with Crippen LogP contribution in [0.2, 0.25) is 0 Å². The summed E-state index contributed by atoms with van der Waals surface area (Å²) in [6, 6.07) is 14.3. The van der Waals surface area contributed by atoms with Crippen LogP contribution >= 0.6 is 11.3 Å². The molecule has 0 fully saturated rings. The molecule has 4 rings (SSSR count). The highest BCUT2D eigenvalue weighted by Gasteiger charge is 2.17. The van der Waals surface area contributed by atoms with Gasteiger partial charge in [0.15, 0.2) is 0 Å². The third kappa shape index (κ3) is 4.42. The third-order valence-corrected chi connectivity index (χ3v) is 6.78. The van der Waals surface area contributed by atoms with Gasteiger partial charge in [-0.3, -0.25) is 14.0 Å². The molecule has 0 aliphatic carbocycles. The van der Waals surface area contributed by atoms with Gasteiger partial charge in [-0.25, -0.2) is 4.68 Å². The molecule has 3 aromatic heterocycles. The largest absolute Gasteiger partial charge is 0.352 e. The van der Waals surface area contributed by atoms with Crippen molar-refractivity contribution in [2.24, 2.45) is 0 Å². The van der Waals surface area contributed by atoms with Gasteiger partial charge >= 0.3 is 0 Å². The summed E-state index contributed by atoms with van der Waals surface area (Å²) in [6.45, 7) is 6.06. The Morgan fingerprint density at radius 2 is 1.90 bits per heavy atom. The first-order valence-corrected chi connectivity index (χ1v) is 11.7. The number of aromatic nitrogens is 3. The summed E-state index contributed by atoms with van der Waals surface area (Å²) in [5.41, 5.74) is 2.63.